The Hall–Kier alpha value is -2.85. The lowest BCUT2D eigenvalue weighted by molar-refractivity contribution is -0.113. The molecule has 0 unspecified atom stereocenters. The van der Waals surface area contributed by atoms with Crippen LogP contribution in [0, 0.1) is 5.92 Å². The third kappa shape index (κ3) is 5.08. The Balaban J connectivity index is 1.43. The number of amides is 1. The zero-order valence-corrected chi connectivity index (χ0v) is 19.1. The summed E-state index contributed by atoms with van der Waals surface area (Å²) in [6.45, 7) is 7.52. The van der Waals surface area contributed by atoms with Crippen LogP contribution in [0.3, 0.4) is 0 Å². The first-order valence-electron chi connectivity index (χ1n) is 9.96. The number of fused-ring (bicyclic) bond motifs is 1. The number of carbonyl (C=O) groups is 1. The number of benzene rings is 1. The second-order valence-electron chi connectivity index (χ2n) is 7.21. The Labute approximate surface area is 188 Å². The van der Waals surface area contributed by atoms with E-state index >= 15 is 0 Å². The van der Waals surface area contributed by atoms with Gasteiger partial charge in [-0.05, 0) is 43.2 Å². The second-order valence-corrected chi connectivity index (χ2v) is 9.18. The van der Waals surface area contributed by atoms with Crippen molar-refractivity contribution in [2.75, 3.05) is 17.7 Å². The molecule has 0 aliphatic carbocycles. The molecule has 31 heavy (non-hydrogen) atoms. The summed E-state index contributed by atoms with van der Waals surface area (Å²) in [6, 6.07) is 9.38. The van der Waals surface area contributed by atoms with Crippen molar-refractivity contribution < 1.29 is 13.9 Å². The molecule has 4 aromatic rings. The normalized spacial score (nSPS) is 11.4. The summed E-state index contributed by atoms with van der Waals surface area (Å²) in [4.78, 5) is 17.0. The summed E-state index contributed by atoms with van der Waals surface area (Å²) in [5.74, 6) is 2.57. The fourth-order valence-corrected chi connectivity index (χ4v) is 4.67. The van der Waals surface area contributed by atoms with E-state index in [1.165, 1.54) is 23.1 Å². The number of aromatic nitrogens is 4. The van der Waals surface area contributed by atoms with E-state index in [1.54, 1.807) is 6.26 Å². The van der Waals surface area contributed by atoms with Crippen molar-refractivity contribution in [3.63, 3.8) is 0 Å². The molecule has 0 saturated carbocycles. The van der Waals surface area contributed by atoms with Gasteiger partial charge in [-0.1, -0.05) is 36.9 Å². The van der Waals surface area contributed by atoms with Gasteiger partial charge in [0.15, 0.2) is 21.9 Å². The van der Waals surface area contributed by atoms with Crippen LogP contribution in [0.25, 0.3) is 21.8 Å². The molecular weight excluding hydrogens is 434 g/mol. The molecule has 162 valence electrons. The number of ether oxygens (including phenoxy) is 1. The lowest BCUT2D eigenvalue weighted by Crippen LogP contribution is -2.15. The molecule has 1 aromatic carbocycles. The number of rotatable bonds is 9. The summed E-state index contributed by atoms with van der Waals surface area (Å²) in [5.41, 5.74) is 0.830. The minimum Gasteiger partial charge on any atom is -0.494 e. The number of thiazole rings is 1. The van der Waals surface area contributed by atoms with Crippen LogP contribution < -0.4 is 10.1 Å². The first-order valence-corrected chi connectivity index (χ1v) is 11.8. The Bertz CT molecular complexity index is 1170. The lowest BCUT2D eigenvalue weighted by atomic mass is 10.2. The topological polar surface area (TPSA) is 95.1 Å². The van der Waals surface area contributed by atoms with Crippen LogP contribution >= 0.6 is 23.1 Å². The van der Waals surface area contributed by atoms with Gasteiger partial charge in [-0.2, -0.15) is 0 Å². The number of hydrogen-bond acceptors (Lipinski definition) is 8. The summed E-state index contributed by atoms with van der Waals surface area (Å²) in [7, 11) is 0. The average Bonchev–Trinajstić information content (AvgIpc) is 3.45. The molecule has 8 nitrogen and oxygen atoms in total. The van der Waals surface area contributed by atoms with Crippen LogP contribution in [-0.2, 0) is 11.3 Å². The zero-order valence-electron chi connectivity index (χ0n) is 17.5. The predicted molar refractivity (Wildman–Crippen MR) is 123 cm³/mol. The van der Waals surface area contributed by atoms with Gasteiger partial charge in [0.25, 0.3) is 0 Å². The molecule has 1 amide bonds. The van der Waals surface area contributed by atoms with Crippen molar-refractivity contribution >= 4 is 44.4 Å². The molecule has 0 atom stereocenters. The SMILES string of the molecule is CCOc1ccc2nc(NC(=O)CSc3nnc(-c4ccco4)n3CC(C)C)sc2c1. The van der Waals surface area contributed by atoms with Crippen molar-refractivity contribution in [1.29, 1.82) is 0 Å². The molecule has 4 rings (SSSR count). The summed E-state index contributed by atoms with van der Waals surface area (Å²) >= 11 is 2.77. The van der Waals surface area contributed by atoms with Crippen molar-refractivity contribution in [2.24, 2.45) is 5.92 Å². The number of anilines is 1. The Morgan fingerprint density at radius 2 is 2.19 bits per heavy atom. The van der Waals surface area contributed by atoms with Crippen LogP contribution in [-0.4, -0.2) is 38.0 Å². The van der Waals surface area contributed by atoms with Crippen molar-refractivity contribution in [3.05, 3.63) is 36.6 Å². The van der Waals surface area contributed by atoms with E-state index in [1.807, 2.05) is 41.8 Å². The maximum atomic E-state index is 12.5. The number of furan rings is 1. The van der Waals surface area contributed by atoms with Crippen molar-refractivity contribution in [2.45, 2.75) is 32.5 Å². The van der Waals surface area contributed by atoms with Gasteiger partial charge in [0.2, 0.25) is 5.91 Å². The first kappa shape index (κ1) is 21.4. The largest absolute Gasteiger partial charge is 0.494 e. The van der Waals surface area contributed by atoms with Gasteiger partial charge in [-0.25, -0.2) is 4.98 Å². The van der Waals surface area contributed by atoms with Crippen LogP contribution in [0.5, 0.6) is 5.75 Å². The fraction of sp³-hybridized carbons (Fsp3) is 0.333. The van der Waals surface area contributed by atoms with Crippen LogP contribution in [0.1, 0.15) is 20.8 Å². The monoisotopic (exact) mass is 457 g/mol. The number of nitrogens with one attached hydrogen (secondary N) is 1. The van der Waals surface area contributed by atoms with Crippen LogP contribution in [0.4, 0.5) is 5.13 Å². The van der Waals surface area contributed by atoms with Crippen molar-refractivity contribution in [1.82, 2.24) is 19.7 Å². The molecular formula is C21H23N5O3S2. The molecule has 0 aliphatic heterocycles. The molecule has 0 radical (unpaired) electrons. The van der Waals surface area contributed by atoms with Gasteiger partial charge in [0.05, 0.1) is 28.8 Å². The van der Waals surface area contributed by atoms with Gasteiger partial charge < -0.3 is 14.5 Å². The minimum absolute atomic E-state index is 0.146. The molecule has 0 spiro atoms. The van der Waals surface area contributed by atoms with E-state index < -0.39 is 0 Å². The smallest absolute Gasteiger partial charge is 0.236 e. The van der Waals surface area contributed by atoms with Gasteiger partial charge in [-0.15, -0.1) is 10.2 Å². The molecule has 0 bridgehead atoms. The summed E-state index contributed by atoms with van der Waals surface area (Å²) in [6.07, 6.45) is 1.61. The van der Waals surface area contributed by atoms with Crippen LogP contribution in [0.2, 0.25) is 0 Å². The number of hydrogen-bond donors (Lipinski definition) is 1. The summed E-state index contributed by atoms with van der Waals surface area (Å²) < 4.78 is 14.0. The predicted octanol–water partition coefficient (Wildman–Crippen LogP) is 4.93. The van der Waals surface area contributed by atoms with E-state index in [9.17, 15) is 4.79 Å². The van der Waals surface area contributed by atoms with E-state index in [4.69, 9.17) is 9.15 Å². The quantitative estimate of drug-likeness (QED) is 0.356. The second kappa shape index (κ2) is 9.52. The number of carbonyl (C=O) groups excluding carboxylic acids is 1. The van der Waals surface area contributed by atoms with E-state index in [0.717, 1.165) is 22.5 Å². The maximum absolute atomic E-state index is 12.5. The van der Waals surface area contributed by atoms with E-state index in [2.05, 4.69) is 34.3 Å². The highest BCUT2D eigenvalue weighted by atomic mass is 32.2. The highest BCUT2D eigenvalue weighted by Gasteiger charge is 2.18. The molecule has 1 N–H and O–H groups in total. The molecule has 3 heterocycles. The highest BCUT2D eigenvalue weighted by Crippen LogP contribution is 2.30. The van der Waals surface area contributed by atoms with Crippen LogP contribution in [0.15, 0.2) is 46.2 Å². The number of thioether (sulfide) groups is 1. The minimum atomic E-state index is -0.146. The summed E-state index contributed by atoms with van der Waals surface area (Å²) in [5, 5.41) is 12.7. The molecule has 0 saturated heterocycles. The Kier molecular flexibility index (Phi) is 6.57. The maximum Gasteiger partial charge on any atom is 0.236 e. The van der Waals surface area contributed by atoms with Crippen molar-refractivity contribution in [3.8, 4) is 17.3 Å². The van der Waals surface area contributed by atoms with E-state index in [0.29, 0.717) is 34.4 Å². The first-order chi connectivity index (χ1) is 15.0. The molecule has 0 fully saturated rings. The fourth-order valence-electron chi connectivity index (χ4n) is 3.01. The Morgan fingerprint density at radius 3 is 2.94 bits per heavy atom. The Morgan fingerprint density at radius 1 is 1.32 bits per heavy atom. The van der Waals surface area contributed by atoms with E-state index in [-0.39, 0.29) is 11.7 Å². The average molecular weight is 458 g/mol. The molecule has 10 heteroatoms. The van der Waals surface area contributed by atoms with Gasteiger partial charge in [0, 0.05) is 6.54 Å². The molecule has 0 aliphatic rings. The van der Waals surface area contributed by atoms with Gasteiger partial charge in [0.1, 0.15) is 5.75 Å². The highest BCUT2D eigenvalue weighted by molar-refractivity contribution is 7.99. The molecule has 3 aromatic heterocycles. The third-order valence-electron chi connectivity index (χ3n) is 4.26. The van der Waals surface area contributed by atoms with Gasteiger partial charge >= 0.3 is 0 Å². The lowest BCUT2D eigenvalue weighted by Gasteiger charge is -2.11. The zero-order chi connectivity index (χ0) is 21.8. The third-order valence-corrected chi connectivity index (χ3v) is 6.16. The van der Waals surface area contributed by atoms with Gasteiger partial charge in [-0.3, -0.25) is 9.36 Å². The number of nitrogens with zero attached hydrogens (tertiary/aromatic N) is 4. The standard InChI is InChI=1S/C21H23N5O3S2/c1-4-28-14-7-8-15-17(10-14)31-20(22-15)23-18(27)12-30-21-25-24-19(16-6-5-9-29-16)26(21)11-13(2)3/h5-10,13H,4,11-12H2,1-3H3,(H,22,23,27).